The molecule has 0 fully saturated rings. The molecule has 5 nitrogen and oxygen atoms in total. The summed E-state index contributed by atoms with van der Waals surface area (Å²) in [7, 11) is 0. The second-order valence-electron chi connectivity index (χ2n) is 8.75. The molecule has 3 aromatic carbocycles. The van der Waals surface area contributed by atoms with Crippen LogP contribution >= 0.6 is 34.5 Å². The van der Waals surface area contributed by atoms with Gasteiger partial charge in [0, 0.05) is 33.5 Å². The van der Waals surface area contributed by atoms with Crippen LogP contribution in [0.1, 0.15) is 20.8 Å². The number of fused-ring (bicyclic) bond motifs is 1. The first-order valence-electron chi connectivity index (χ1n) is 11.9. The van der Waals surface area contributed by atoms with Crippen LogP contribution in [0.15, 0.2) is 95.5 Å². The first kappa shape index (κ1) is 25.2. The van der Waals surface area contributed by atoms with E-state index in [0.717, 1.165) is 10.4 Å². The molecule has 0 aliphatic rings. The normalized spacial score (nSPS) is 11.2. The fourth-order valence-electron chi connectivity index (χ4n) is 4.21. The van der Waals surface area contributed by atoms with Gasteiger partial charge in [-0.3, -0.25) is 10.1 Å². The summed E-state index contributed by atoms with van der Waals surface area (Å²) < 4.78 is 19.3. The Bertz CT molecular complexity index is 1830. The van der Waals surface area contributed by atoms with Crippen molar-refractivity contribution in [3.8, 4) is 22.8 Å². The van der Waals surface area contributed by atoms with Crippen molar-refractivity contribution in [2.75, 3.05) is 5.32 Å². The lowest BCUT2D eigenvalue weighted by atomic mass is 10.1. The van der Waals surface area contributed by atoms with Crippen LogP contribution in [-0.4, -0.2) is 15.9 Å². The van der Waals surface area contributed by atoms with Gasteiger partial charge in [-0.25, -0.2) is 14.4 Å². The number of para-hydroxylation sites is 1. The molecule has 192 valence electrons. The van der Waals surface area contributed by atoms with E-state index in [1.165, 1.54) is 23.5 Å². The van der Waals surface area contributed by atoms with E-state index >= 15 is 0 Å². The number of halogens is 3. The molecular weight excluding hydrogens is 556 g/mol. The number of benzene rings is 3. The molecule has 0 saturated heterocycles. The minimum Gasteiger partial charge on any atom is -0.454 e. The van der Waals surface area contributed by atoms with Gasteiger partial charge >= 0.3 is 0 Å². The van der Waals surface area contributed by atoms with Gasteiger partial charge in [-0.15, -0.1) is 11.3 Å². The number of aromatic nitrogens is 2. The summed E-state index contributed by atoms with van der Waals surface area (Å²) in [6, 6.07) is 24.2. The van der Waals surface area contributed by atoms with Crippen molar-refractivity contribution in [1.82, 2.24) is 9.97 Å². The van der Waals surface area contributed by atoms with E-state index in [1.807, 2.05) is 24.3 Å². The number of nitrogens with one attached hydrogen (secondary N) is 1. The van der Waals surface area contributed by atoms with Gasteiger partial charge in [0.25, 0.3) is 5.91 Å². The summed E-state index contributed by atoms with van der Waals surface area (Å²) in [6.45, 7) is 0. The van der Waals surface area contributed by atoms with Gasteiger partial charge in [-0.1, -0.05) is 53.5 Å². The highest BCUT2D eigenvalue weighted by atomic mass is 35.5. The fraction of sp³-hybridized carbons (Fsp3) is 0.0333. The molecule has 0 bridgehead atoms. The van der Waals surface area contributed by atoms with E-state index in [9.17, 15) is 9.18 Å². The SMILES string of the molecule is O=C(Nc1ncc(Cc2ccc(F)cc2)s1)c1cc(-c2ccc(-c3cc(Cl)ccc3Cl)o2)nc2ccccc12. The number of hydrogen-bond acceptors (Lipinski definition) is 5. The lowest BCUT2D eigenvalue weighted by Gasteiger charge is -2.08. The van der Waals surface area contributed by atoms with Gasteiger partial charge in [0.1, 0.15) is 17.3 Å². The van der Waals surface area contributed by atoms with Crippen LogP contribution in [0.4, 0.5) is 9.52 Å². The Morgan fingerprint density at radius 3 is 2.59 bits per heavy atom. The number of furan rings is 1. The van der Waals surface area contributed by atoms with Crippen molar-refractivity contribution in [1.29, 1.82) is 0 Å². The standard InChI is InChI=1S/C30H18Cl2FN3O2S/c31-18-7-10-24(32)23(14-18)27-11-12-28(38-27)26-15-22(21-3-1-2-4-25(21)35-26)29(37)36-30-34-16-20(39-30)13-17-5-8-19(33)9-6-17/h1-12,14-16H,13H2,(H,34,36,37). The van der Waals surface area contributed by atoms with Crippen molar-refractivity contribution in [2.45, 2.75) is 6.42 Å². The minimum atomic E-state index is -0.317. The van der Waals surface area contributed by atoms with Gasteiger partial charge in [0.05, 0.1) is 16.1 Å². The third kappa shape index (κ3) is 5.43. The zero-order chi connectivity index (χ0) is 26.9. The molecule has 39 heavy (non-hydrogen) atoms. The predicted octanol–water partition coefficient (Wildman–Crippen LogP) is 8.91. The van der Waals surface area contributed by atoms with Crippen molar-refractivity contribution in [3.63, 3.8) is 0 Å². The zero-order valence-electron chi connectivity index (χ0n) is 20.1. The van der Waals surface area contributed by atoms with Crippen LogP contribution in [0.3, 0.4) is 0 Å². The van der Waals surface area contributed by atoms with Crippen LogP contribution < -0.4 is 5.32 Å². The first-order valence-corrected chi connectivity index (χ1v) is 13.5. The van der Waals surface area contributed by atoms with Gasteiger partial charge in [0.15, 0.2) is 10.9 Å². The number of rotatable bonds is 6. The summed E-state index contributed by atoms with van der Waals surface area (Å²) in [5, 5.41) is 5.12. The molecule has 0 spiro atoms. The Morgan fingerprint density at radius 2 is 1.74 bits per heavy atom. The molecular formula is C30H18Cl2FN3O2S. The molecule has 6 rings (SSSR count). The van der Waals surface area contributed by atoms with Gasteiger partial charge < -0.3 is 4.42 Å². The Kier molecular flexibility index (Phi) is 6.87. The van der Waals surface area contributed by atoms with Crippen molar-refractivity contribution in [2.24, 2.45) is 0 Å². The van der Waals surface area contributed by atoms with Crippen LogP contribution in [0.2, 0.25) is 10.0 Å². The number of pyridine rings is 1. The second kappa shape index (κ2) is 10.6. The summed E-state index contributed by atoms with van der Waals surface area (Å²) in [6.07, 6.45) is 2.30. The van der Waals surface area contributed by atoms with E-state index in [-0.39, 0.29) is 11.7 Å². The number of carbonyl (C=O) groups excluding carboxylic acids is 1. The predicted molar refractivity (Wildman–Crippen MR) is 154 cm³/mol. The molecule has 0 unspecified atom stereocenters. The lowest BCUT2D eigenvalue weighted by Crippen LogP contribution is -2.12. The van der Waals surface area contributed by atoms with E-state index in [2.05, 4.69) is 10.3 Å². The molecule has 3 aromatic heterocycles. The highest BCUT2D eigenvalue weighted by Gasteiger charge is 2.18. The van der Waals surface area contributed by atoms with E-state index in [0.29, 0.717) is 60.8 Å². The maximum atomic E-state index is 13.4. The summed E-state index contributed by atoms with van der Waals surface area (Å²) in [5.41, 5.74) is 3.20. The van der Waals surface area contributed by atoms with Crippen molar-refractivity contribution >= 4 is 56.5 Å². The highest BCUT2D eigenvalue weighted by Crippen LogP contribution is 2.35. The molecule has 0 saturated carbocycles. The average molecular weight is 574 g/mol. The number of anilines is 1. The topological polar surface area (TPSA) is 68.0 Å². The Morgan fingerprint density at radius 1 is 0.949 bits per heavy atom. The van der Waals surface area contributed by atoms with Crippen LogP contribution in [0.25, 0.3) is 33.7 Å². The molecule has 9 heteroatoms. The van der Waals surface area contributed by atoms with Gasteiger partial charge in [0.2, 0.25) is 0 Å². The Labute approximate surface area is 236 Å². The largest absolute Gasteiger partial charge is 0.454 e. The number of carbonyl (C=O) groups is 1. The van der Waals surface area contributed by atoms with Crippen LogP contribution in [-0.2, 0) is 6.42 Å². The minimum absolute atomic E-state index is 0.279. The van der Waals surface area contributed by atoms with Gasteiger partial charge in [-0.2, -0.15) is 0 Å². The first-order chi connectivity index (χ1) is 18.9. The maximum Gasteiger partial charge on any atom is 0.258 e. The molecule has 0 atom stereocenters. The van der Waals surface area contributed by atoms with Gasteiger partial charge in [-0.05, 0) is 60.2 Å². The number of amides is 1. The smallest absolute Gasteiger partial charge is 0.258 e. The summed E-state index contributed by atoms with van der Waals surface area (Å²) >= 11 is 13.9. The summed E-state index contributed by atoms with van der Waals surface area (Å²) in [4.78, 5) is 23.5. The summed E-state index contributed by atoms with van der Waals surface area (Å²) in [5.74, 6) is 0.424. The van der Waals surface area contributed by atoms with Crippen LogP contribution in [0.5, 0.6) is 0 Å². The quantitative estimate of drug-likeness (QED) is 0.216. The van der Waals surface area contributed by atoms with Crippen LogP contribution in [0, 0.1) is 5.82 Å². The maximum absolute atomic E-state index is 13.4. The van der Waals surface area contributed by atoms with E-state index in [1.54, 1.807) is 54.7 Å². The molecule has 0 aliphatic heterocycles. The molecule has 3 heterocycles. The second-order valence-corrected chi connectivity index (χ2v) is 10.7. The van der Waals surface area contributed by atoms with E-state index in [4.69, 9.17) is 32.6 Å². The Hall–Kier alpha value is -4.04. The molecule has 1 N–H and O–H groups in total. The highest BCUT2D eigenvalue weighted by molar-refractivity contribution is 7.15. The molecule has 6 aromatic rings. The Balaban J connectivity index is 1.30. The molecule has 0 radical (unpaired) electrons. The van der Waals surface area contributed by atoms with E-state index < -0.39 is 0 Å². The number of nitrogens with zero attached hydrogens (tertiary/aromatic N) is 2. The lowest BCUT2D eigenvalue weighted by molar-refractivity contribution is 0.102. The monoisotopic (exact) mass is 573 g/mol. The third-order valence-electron chi connectivity index (χ3n) is 6.08. The zero-order valence-corrected chi connectivity index (χ0v) is 22.4. The van der Waals surface area contributed by atoms with Crippen molar-refractivity contribution < 1.29 is 13.6 Å². The molecule has 0 aliphatic carbocycles. The number of hydrogen-bond donors (Lipinski definition) is 1. The average Bonchev–Trinajstić information content (AvgIpc) is 3.61. The third-order valence-corrected chi connectivity index (χ3v) is 7.56. The van der Waals surface area contributed by atoms with Crippen molar-refractivity contribution in [3.05, 3.63) is 123 Å². The fourth-order valence-corrected chi connectivity index (χ4v) is 5.44. The number of thiazole rings is 1. The molecule has 1 amide bonds.